The van der Waals surface area contributed by atoms with Gasteiger partial charge in [-0.2, -0.15) is 0 Å². The van der Waals surface area contributed by atoms with E-state index in [1.165, 1.54) is 16.7 Å². The van der Waals surface area contributed by atoms with Gasteiger partial charge in [0.1, 0.15) is 12.1 Å². The Balaban J connectivity index is 1.75. The molecule has 0 radical (unpaired) electrons. The second-order valence-electron chi connectivity index (χ2n) is 8.51. The third-order valence-corrected chi connectivity index (χ3v) is 6.50. The van der Waals surface area contributed by atoms with Crippen LogP contribution in [0.4, 0.5) is 0 Å². The third kappa shape index (κ3) is 4.44. The van der Waals surface area contributed by atoms with Crippen LogP contribution in [0.3, 0.4) is 0 Å². The molecule has 0 amide bonds. The summed E-state index contributed by atoms with van der Waals surface area (Å²) in [6.45, 7) is 2.23. The number of piperidine rings is 1. The van der Waals surface area contributed by atoms with Crippen molar-refractivity contribution >= 4 is 0 Å². The number of aliphatic hydroxyl groups is 1. The summed E-state index contributed by atoms with van der Waals surface area (Å²) in [6.07, 6.45) is 3.59. The molecule has 1 saturated heterocycles. The lowest BCUT2D eigenvalue weighted by molar-refractivity contribution is -0.757. The second kappa shape index (κ2) is 8.94. The van der Waals surface area contributed by atoms with E-state index in [0.717, 1.165) is 19.3 Å². The van der Waals surface area contributed by atoms with Crippen LogP contribution in [0.2, 0.25) is 0 Å². The molecule has 3 aromatic carbocycles. The highest BCUT2D eigenvalue weighted by atomic mass is 16.3. The van der Waals surface area contributed by atoms with Gasteiger partial charge in [-0.3, -0.25) is 0 Å². The minimum absolute atomic E-state index is 0.218. The Hall–Kier alpha value is -2.42. The minimum Gasteiger partial charge on any atom is -0.389 e. The van der Waals surface area contributed by atoms with Crippen LogP contribution in [-0.2, 0) is 6.42 Å². The van der Waals surface area contributed by atoms with Gasteiger partial charge < -0.3 is 10.4 Å². The van der Waals surface area contributed by atoms with Crippen LogP contribution in [0, 0.1) is 5.92 Å². The normalized spacial score (nSPS) is 26.9. The fourth-order valence-electron chi connectivity index (χ4n) is 5.18. The number of hydrogen-bond donors (Lipinski definition) is 2. The van der Waals surface area contributed by atoms with Crippen molar-refractivity contribution in [1.29, 1.82) is 0 Å². The van der Waals surface area contributed by atoms with Gasteiger partial charge in [-0.15, -0.1) is 0 Å². The zero-order chi connectivity index (χ0) is 20.1. The quantitative estimate of drug-likeness (QED) is 0.626. The van der Waals surface area contributed by atoms with Crippen molar-refractivity contribution < 1.29 is 10.4 Å². The van der Waals surface area contributed by atoms with Gasteiger partial charge in [-0.05, 0) is 12.0 Å². The highest BCUT2D eigenvalue weighted by Gasteiger charge is 2.50. The molecule has 4 atom stereocenters. The van der Waals surface area contributed by atoms with E-state index in [-0.39, 0.29) is 18.0 Å². The highest BCUT2D eigenvalue weighted by Crippen LogP contribution is 2.43. The Morgan fingerprint density at radius 1 is 0.828 bits per heavy atom. The molecule has 2 nitrogen and oxygen atoms in total. The summed E-state index contributed by atoms with van der Waals surface area (Å²) in [4.78, 5) is 0. The van der Waals surface area contributed by atoms with Crippen LogP contribution in [0.25, 0.3) is 0 Å². The predicted octanol–water partition coefficient (Wildman–Crippen LogP) is 4.83. The van der Waals surface area contributed by atoms with Crippen molar-refractivity contribution in [2.45, 2.75) is 50.3 Å². The van der Waals surface area contributed by atoms with Crippen molar-refractivity contribution in [2.75, 3.05) is 0 Å². The van der Waals surface area contributed by atoms with E-state index in [9.17, 15) is 5.11 Å². The maximum Gasteiger partial charge on any atom is 0.118 e. The Kier molecular flexibility index (Phi) is 6.13. The van der Waals surface area contributed by atoms with Crippen LogP contribution in [0.1, 0.15) is 55.0 Å². The monoisotopic (exact) mass is 386 g/mol. The molecular weight excluding hydrogens is 354 g/mol. The number of nitrogens with two attached hydrogens (primary N) is 1. The third-order valence-electron chi connectivity index (χ3n) is 6.50. The molecule has 4 rings (SSSR count). The SMILES string of the molecule is CCC[C@@H]1[C@H](c2ccccc2)[NH2+][C@H](c2ccccc2)C[C@]1(O)Cc1ccccc1. The van der Waals surface area contributed by atoms with Crippen LogP contribution >= 0.6 is 0 Å². The molecule has 0 bridgehead atoms. The summed E-state index contributed by atoms with van der Waals surface area (Å²) < 4.78 is 0. The molecule has 1 fully saturated rings. The summed E-state index contributed by atoms with van der Waals surface area (Å²) in [5, 5.41) is 14.7. The van der Waals surface area contributed by atoms with Crippen LogP contribution in [0.15, 0.2) is 91.0 Å². The molecule has 1 aliphatic rings. The smallest absolute Gasteiger partial charge is 0.118 e. The summed E-state index contributed by atoms with van der Waals surface area (Å²) in [7, 11) is 0. The zero-order valence-corrected chi connectivity index (χ0v) is 17.2. The first-order valence-corrected chi connectivity index (χ1v) is 10.9. The van der Waals surface area contributed by atoms with Crippen molar-refractivity contribution in [3.05, 3.63) is 108 Å². The van der Waals surface area contributed by atoms with Gasteiger partial charge in [-0.1, -0.05) is 104 Å². The number of hydrogen-bond acceptors (Lipinski definition) is 1. The second-order valence-corrected chi connectivity index (χ2v) is 8.51. The molecule has 0 spiro atoms. The topological polar surface area (TPSA) is 36.8 Å². The van der Waals surface area contributed by atoms with Crippen molar-refractivity contribution in [2.24, 2.45) is 5.92 Å². The lowest BCUT2D eigenvalue weighted by Crippen LogP contribution is -2.91. The Labute approximate surface area is 174 Å². The summed E-state index contributed by atoms with van der Waals surface area (Å²) >= 11 is 0. The summed E-state index contributed by atoms with van der Waals surface area (Å²) in [5.41, 5.74) is 3.11. The van der Waals surface area contributed by atoms with E-state index in [1.807, 2.05) is 6.07 Å². The van der Waals surface area contributed by atoms with Gasteiger partial charge in [0.05, 0.1) is 5.60 Å². The van der Waals surface area contributed by atoms with Gasteiger partial charge in [0.25, 0.3) is 0 Å². The fourth-order valence-corrected chi connectivity index (χ4v) is 5.18. The molecule has 2 heteroatoms. The molecule has 150 valence electrons. The van der Waals surface area contributed by atoms with E-state index >= 15 is 0 Å². The number of quaternary nitrogens is 1. The Morgan fingerprint density at radius 2 is 1.38 bits per heavy atom. The fraction of sp³-hybridized carbons (Fsp3) is 0.333. The molecule has 29 heavy (non-hydrogen) atoms. The van der Waals surface area contributed by atoms with E-state index in [1.54, 1.807) is 0 Å². The summed E-state index contributed by atoms with van der Waals surface area (Å²) in [5.74, 6) is 0.218. The first kappa shape index (κ1) is 19.9. The maximum absolute atomic E-state index is 12.2. The van der Waals surface area contributed by atoms with Crippen molar-refractivity contribution in [1.82, 2.24) is 0 Å². The molecule has 0 aliphatic carbocycles. The van der Waals surface area contributed by atoms with E-state index in [4.69, 9.17) is 0 Å². The average molecular weight is 387 g/mol. The number of benzene rings is 3. The van der Waals surface area contributed by atoms with E-state index < -0.39 is 5.60 Å². The zero-order valence-electron chi connectivity index (χ0n) is 17.2. The predicted molar refractivity (Wildman–Crippen MR) is 118 cm³/mol. The van der Waals surface area contributed by atoms with Gasteiger partial charge in [0.15, 0.2) is 0 Å². The summed E-state index contributed by atoms with van der Waals surface area (Å²) in [6, 6.07) is 32.4. The van der Waals surface area contributed by atoms with E-state index in [2.05, 4.69) is 97.2 Å². The molecule has 3 aromatic rings. The Bertz CT molecular complexity index is 880. The van der Waals surface area contributed by atoms with Crippen LogP contribution < -0.4 is 5.32 Å². The molecule has 0 saturated carbocycles. The molecule has 1 aliphatic heterocycles. The van der Waals surface area contributed by atoms with Gasteiger partial charge in [0.2, 0.25) is 0 Å². The first-order chi connectivity index (χ1) is 14.2. The molecule has 0 unspecified atom stereocenters. The van der Waals surface area contributed by atoms with Gasteiger partial charge >= 0.3 is 0 Å². The molecular formula is C27H32NO+. The average Bonchev–Trinajstić information content (AvgIpc) is 2.77. The minimum atomic E-state index is -0.729. The Morgan fingerprint density at radius 3 is 1.97 bits per heavy atom. The van der Waals surface area contributed by atoms with Crippen molar-refractivity contribution in [3.8, 4) is 0 Å². The molecule has 3 N–H and O–H groups in total. The first-order valence-electron chi connectivity index (χ1n) is 10.9. The number of rotatable bonds is 6. The van der Waals surface area contributed by atoms with Crippen LogP contribution in [0.5, 0.6) is 0 Å². The maximum atomic E-state index is 12.2. The largest absolute Gasteiger partial charge is 0.389 e. The molecule has 1 heterocycles. The lowest BCUT2D eigenvalue weighted by atomic mass is 9.67. The lowest BCUT2D eigenvalue weighted by Gasteiger charge is -2.46. The molecule has 0 aromatic heterocycles. The van der Waals surface area contributed by atoms with E-state index in [0.29, 0.717) is 6.42 Å². The highest BCUT2D eigenvalue weighted by molar-refractivity contribution is 5.25. The standard InChI is InChI=1S/C27H31NO/c1-2-12-24-26(23-17-10-5-11-18-23)28-25(22-15-8-4-9-16-22)20-27(24,29)19-21-13-6-3-7-14-21/h3-11,13-18,24-26,28-29H,2,12,19-20H2,1H3/p+1/t24-,25+,26+,27-/m1/s1. The van der Waals surface area contributed by atoms with Crippen LogP contribution in [-0.4, -0.2) is 10.7 Å². The van der Waals surface area contributed by atoms with Gasteiger partial charge in [-0.25, -0.2) is 0 Å². The van der Waals surface area contributed by atoms with Crippen molar-refractivity contribution in [3.63, 3.8) is 0 Å². The van der Waals surface area contributed by atoms with Gasteiger partial charge in [0, 0.05) is 29.9 Å².